The summed E-state index contributed by atoms with van der Waals surface area (Å²) in [5.41, 5.74) is 0.737. The summed E-state index contributed by atoms with van der Waals surface area (Å²) in [6.07, 6.45) is -0.395. The van der Waals surface area contributed by atoms with Crippen LogP contribution in [0.3, 0.4) is 0 Å². The van der Waals surface area contributed by atoms with Crippen molar-refractivity contribution in [3.63, 3.8) is 0 Å². The van der Waals surface area contributed by atoms with Gasteiger partial charge >= 0.3 is 0 Å². The van der Waals surface area contributed by atoms with Gasteiger partial charge in [-0.25, -0.2) is 0 Å². The van der Waals surface area contributed by atoms with Gasteiger partial charge in [-0.1, -0.05) is 6.07 Å². The maximum Gasteiger partial charge on any atom is 0.188 e. The summed E-state index contributed by atoms with van der Waals surface area (Å²) >= 11 is 2.16. The van der Waals surface area contributed by atoms with Crippen LogP contribution in [0.15, 0.2) is 18.2 Å². The second-order valence-electron chi connectivity index (χ2n) is 2.75. The van der Waals surface area contributed by atoms with Crippen LogP contribution in [0.2, 0.25) is 0 Å². The number of phenolic OH excluding ortho intramolecular Hbond substituents is 1. The van der Waals surface area contributed by atoms with Crippen LogP contribution in [0.4, 0.5) is 0 Å². The van der Waals surface area contributed by atoms with E-state index in [1.807, 2.05) is 6.07 Å². The van der Waals surface area contributed by atoms with Gasteiger partial charge in [-0.3, -0.25) is 0 Å². The van der Waals surface area contributed by atoms with E-state index in [9.17, 15) is 5.11 Å². The molecule has 0 spiro atoms. The Morgan fingerprint density at radius 1 is 1.31 bits per heavy atom. The Labute approximate surface area is 89.8 Å². The smallest absolute Gasteiger partial charge is 0.188 e. The maximum atomic E-state index is 9.59. The van der Waals surface area contributed by atoms with Crippen LogP contribution in [0, 0.1) is 3.57 Å². The number of phenols is 1. The van der Waals surface area contributed by atoms with E-state index >= 15 is 0 Å². The number of hydrogen-bond acceptors (Lipinski definition) is 3. The number of halogens is 1. The van der Waals surface area contributed by atoms with E-state index in [0.29, 0.717) is 13.2 Å². The molecule has 70 valence electrons. The number of ether oxygens (including phenoxy) is 2. The number of hydrogen-bond donors (Lipinski definition) is 1. The minimum absolute atomic E-state index is 0.235. The molecule has 0 aromatic heterocycles. The molecule has 1 saturated heterocycles. The Hall–Kier alpha value is -0.330. The van der Waals surface area contributed by atoms with Gasteiger partial charge in [-0.15, -0.1) is 0 Å². The first-order chi connectivity index (χ1) is 6.29. The van der Waals surface area contributed by atoms with Gasteiger partial charge in [0.25, 0.3) is 0 Å². The molecule has 0 radical (unpaired) electrons. The lowest BCUT2D eigenvalue weighted by Gasteiger charge is -2.12. The zero-order valence-electron chi connectivity index (χ0n) is 6.87. The highest BCUT2D eigenvalue weighted by Crippen LogP contribution is 2.33. The van der Waals surface area contributed by atoms with E-state index in [0.717, 1.165) is 9.13 Å². The van der Waals surface area contributed by atoms with Crippen molar-refractivity contribution in [1.29, 1.82) is 0 Å². The van der Waals surface area contributed by atoms with Crippen molar-refractivity contribution >= 4 is 22.6 Å². The van der Waals surface area contributed by atoms with Gasteiger partial charge in [0.15, 0.2) is 6.29 Å². The summed E-state index contributed by atoms with van der Waals surface area (Å²) < 4.78 is 11.6. The van der Waals surface area contributed by atoms with E-state index < -0.39 is 6.29 Å². The summed E-state index contributed by atoms with van der Waals surface area (Å²) in [6.45, 7) is 1.18. The third-order valence-electron chi connectivity index (χ3n) is 1.89. The van der Waals surface area contributed by atoms with E-state index in [1.54, 1.807) is 12.1 Å². The van der Waals surface area contributed by atoms with Gasteiger partial charge < -0.3 is 14.6 Å². The van der Waals surface area contributed by atoms with E-state index in [1.165, 1.54) is 0 Å². The van der Waals surface area contributed by atoms with E-state index in [2.05, 4.69) is 22.6 Å². The predicted molar refractivity (Wildman–Crippen MR) is 55.5 cm³/mol. The zero-order valence-corrected chi connectivity index (χ0v) is 9.02. The fraction of sp³-hybridized carbons (Fsp3) is 0.333. The van der Waals surface area contributed by atoms with Crippen molar-refractivity contribution in [3.8, 4) is 5.75 Å². The highest BCUT2D eigenvalue weighted by molar-refractivity contribution is 14.1. The Bertz CT molecular complexity index is 287. The number of benzene rings is 1. The molecule has 4 heteroatoms. The normalized spacial score (nSPS) is 17.9. The summed E-state index contributed by atoms with van der Waals surface area (Å²) in [6, 6.07) is 5.36. The maximum absolute atomic E-state index is 9.59. The SMILES string of the molecule is Oc1cccc(I)c1C1OCCO1. The molecule has 1 heterocycles. The van der Waals surface area contributed by atoms with Crippen LogP contribution in [0.1, 0.15) is 11.9 Å². The Morgan fingerprint density at radius 2 is 2.00 bits per heavy atom. The highest BCUT2D eigenvalue weighted by atomic mass is 127. The molecule has 0 bridgehead atoms. The van der Waals surface area contributed by atoms with Crippen LogP contribution >= 0.6 is 22.6 Å². The monoisotopic (exact) mass is 292 g/mol. The first-order valence-electron chi connectivity index (χ1n) is 3.99. The molecule has 1 aliphatic rings. The second-order valence-corrected chi connectivity index (χ2v) is 3.91. The Morgan fingerprint density at radius 3 is 2.62 bits per heavy atom. The molecule has 1 aliphatic heterocycles. The van der Waals surface area contributed by atoms with Crippen LogP contribution < -0.4 is 0 Å². The molecule has 0 aliphatic carbocycles. The van der Waals surface area contributed by atoms with Crippen LogP contribution in [-0.2, 0) is 9.47 Å². The molecule has 3 nitrogen and oxygen atoms in total. The number of rotatable bonds is 1. The minimum atomic E-state index is -0.395. The first-order valence-corrected chi connectivity index (χ1v) is 5.07. The van der Waals surface area contributed by atoms with Gasteiger partial charge in [0.2, 0.25) is 0 Å². The van der Waals surface area contributed by atoms with Crippen molar-refractivity contribution in [2.45, 2.75) is 6.29 Å². The van der Waals surface area contributed by atoms with Crippen molar-refractivity contribution in [3.05, 3.63) is 27.3 Å². The van der Waals surface area contributed by atoms with Crippen molar-refractivity contribution < 1.29 is 14.6 Å². The molecule has 1 aromatic rings. The Kier molecular flexibility index (Phi) is 2.71. The quantitative estimate of drug-likeness (QED) is 0.805. The topological polar surface area (TPSA) is 38.7 Å². The first kappa shape index (κ1) is 9.23. The van der Waals surface area contributed by atoms with Crippen molar-refractivity contribution in [2.24, 2.45) is 0 Å². The lowest BCUT2D eigenvalue weighted by Crippen LogP contribution is -2.00. The van der Waals surface area contributed by atoms with Gasteiger partial charge in [0.1, 0.15) is 5.75 Å². The molecular formula is C9H9IO3. The third-order valence-corrected chi connectivity index (χ3v) is 2.83. The summed E-state index contributed by atoms with van der Waals surface area (Å²) in [5, 5.41) is 9.59. The van der Waals surface area contributed by atoms with E-state index in [-0.39, 0.29) is 5.75 Å². The van der Waals surface area contributed by atoms with Gasteiger partial charge in [-0.05, 0) is 34.7 Å². The standard InChI is InChI=1S/C9H9IO3/c10-6-2-1-3-7(11)8(6)9-12-4-5-13-9/h1-3,9,11H,4-5H2. The molecule has 1 fully saturated rings. The molecular weight excluding hydrogens is 283 g/mol. The van der Waals surface area contributed by atoms with Gasteiger partial charge in [0, 0.05) is 3.57 Å². The largest absolute Gasteiger partial charge is 0.507 e. The lowest BCUT2D eigenvalue weighted by molar-refractivity contribution is -0.0460. The molecule has 0 saturated carbocycles. The minimum Gasteiger partial charge on any atom is -0.507 e. The lowest BCUT2D eigenvalue weighted by atomic mass is 10.2. The van der Waals surface area contributed by atoms with Crippen molar-refractivity contribution in [1.82, 2.24) is 0 Å². The summed E-state index contributed by atoms with van der Waals surface area (Å²) in [5.74, 6) is 0.235. The van der Waals surface area contributed by atoms with Gasteiger partial charge in [0.05, 0.1) is 18.8 Å². The van der Waals surface area contributed by atoms with Crippen molar-refractivity contribution in [2.75, 3.05) is 13.2 Å². The fourth-order valence-corrected chi connectivity index (χ4v) is 2.02. The molecule has 1 aromatic carbocycles. The summed E-state index contributed by atoms with van der Waals surface area (Å²) in [4.78, 5) is 0. The second kappa shape index (κ2) is 3.81. The van der Waals surface area contributed by atoms with E-state index in [4.69, 9.17) is 9.47 Å². The molecule has 0 amide bonds. The Balaban J connectivity index is 2.37. The fourth-order valence-electron chi connectivity index (χ4n) is 1.28. The molecule has 0 unspecified atom stereocenters. The molecule has 1 N–H and O–H groups in total. The average Bonchev–Trinajstić information content (AvgIpc) is 2.57. The van der Waals surface area contributed by atoms with Gasteiger partial charge in [-0.2, -0.15) is 0 Å². The molecule has 0 atom stereocenters. The van der Waals surface area contributed by atoms with Crippen LogP contribution in [0.5, 0.6) is 5.75 Å². The predicted octanol–water partition coefficient (Wildman–Crippen LogP) is 2.04. The highest BCUT2D eigenvalue weighted by Gasteiger charge is 2.23. The van der Waals surface area contributed by atoms with Crippen LogP contribution in [-0.4, -0.2) is 18.3 Å². The third kappa shape index (κ3) is 1.79. The average molecular weight is 292 g/mol. The summed E-state index contributed by atoms with van der Waals surface area (Å²) in [7, 11) is 0. The number of aromatic hydroxyl groups is 1. The van der Waals surface area contributed by atoms with Crippen LogP contribution in [0.25, 0.3) is 0 Å². The zero-order chi connectivity index (χ0) is 9.26. The molecule has 2 rings (SSSR count). The molecule has 13 heavy (non-hydrogen) atoms.